The zero-order valence-corrected chi connectivity index (χ0v) is 12.3. The highest BCUT2D eigenvalue weighted by Gasteiger charge is 2.20. The number of pyridine rings is 1. The van der Waals surface area contributed by atoms with Gasteiger partial charge in [-0.15, -0.1) is 0 Å². The summed E-state index contributed by atoms with van der Waals surface area (Å²) in [7, 11) is 2.00. The summed E-state index contributed by atoms with van der Waals surface area (Å²) in [6, 6.07) is 13.6. The zero-order valence-electron chi connectivity index (χ0n) is 12.3. The first kappa shape index (κ1) is 13.3. The van der Waals surface area contributed by atoms with Crippen molar-refractivity contribution < 1.29 is 0 Å². The van der Waals surface area contributed by atoms with E-state index >= 15 is 0 Å². The van der Waals surface area contributed by atoms with Crippen molar-refractivity contribution in [3.63, 3.8) is 0 Å². The van der Waals surface area contributed by atoms with Crippen LogP contribution in [0.3, 0.4) is 0 Å². The second-order valence-electron chi connectivity index (χ2n) is 5.75. The summed E-state index contributed by atoms with van der Waals surface area (Å²) < 4.78 is 0. The summed E-state index contributed by atoms with van der Waals surface area (Å²) in [6.07, 6.45) is 6.07. The summed E-state index contributed by atoms with van der Waals surface area (Å²) in [4.78, 5) is 4.40. The molecule has 1 atom stereocenters. The van der Waals surface area contributed by atoms with Gasteiger partial charge in [0.1, 0.15) is 0 Å². The second-order valence-corrected chi connectivity index (χ2v) is 5.75. The smallest absolute Gasteiger partial charge is 0.0589 e. The molecule has 1 heterocycles. The molecule has 1 aliphatic rings. The lowest BCUT2D eigenvalue weighted by atomic mass is 9.79. The first-order valence-corrected chi connectivity index (χ1v) is 7.47. The quantitative estimate of drug-likeness (QED) is 0.906. The number of nitrogens with zero attached hydrogens (tertiary/aromatic N) is 1. The molecule has 3 rings (SSSR count). The summed E-state index contributed by atoms with van der Waals surface area (Å²) in [5, 5.41) is 3.39. The summed E-state index contributed by atoms with van der Waals surface area (Å²) >= 11 is 0. The Morgan fingerprint density at radius 1 is 1.05 bits per heavy atom. The van der Waals surface area contributed by atoms with Crippen molar-refractivity contribution in [1.29, 1.82) is 0 Å². The van der Waals surface area contributed by atoms with Crippen molar-refractivity contribution in [3.05, 3.63) is 65.0 Å². The lowest BCUT2D eigenvalue weighted by molar-refractivity contribution is 0.419. The van der Waals surface area contributed by atoms with Gasteiger partial charge < -0.3 is 5.32 Å². The minimum absolute atomic E-state index is 0.221. The molecule has 1 N–H and O–H groups in total. The van der Waals surface area contributed by atoms with Gasteiger partial charge in [-0.2, -0.15) is 0 Å². The maximum Gasteiger partial charge on any atom is 0.0589 e. The number of benzene rings is 1. The number of aromatic nitrogens is 1. The van der Waals surface area contributed by atoms with E-state index in [1.807, 2.05) is 20.2 Å². The summed E-state index contributed by atoms with van der Waals surface area (Å²) in [6.45, 7) is 2.02. The molecule has 2 heteroatoms. The number of nitrogens with one attached hydrogen (secondary N) is 1. The van der Waals surface area contributed by atoms with Gasteiger partial charge in [-0.1, -0.05) is 36.8 Å². The molecule has 0 aliphatic heterocycles. The van der Waals surface area contributed by atoms with E-state index in [-0.39, 0.29) is 6.04 Å². The van der Waals surface area contributed by atoms with Crippen LogP contribution in [0.15, 0.2) is 42.6 Å². The molecule has 2 aromatic rings. The third-order valence-corrected chi connectivity index (χ3v) is 4.40. The second kappa shape index (κ2) is 5.76. The van der Waals surface area contributed by atoms with Crippen LogP contribution in [0.2, 0.25) is 0 Å². The third-order valence-electron chi connectivity index (χ3n) is 4.40. The molecule has 0 radical (unpaired) electrons. The normalized spacial score (nSPS) is 16.7. The van der Waals surface area contributed by atoms with Gasteiger partial charge in [-0.3, -0.25) is 4.98 Å². The average molecular weight is 266 g/mol. The fourth-order valence-corrected chi connectivity index (χ4v) is 2.88. The van der Waals surface area contributed by atoms with Crippen LogP contribution in [-0.2, 0) is 0 Å². The van der Waals surface area contributed by atoms with Gasteiger partial charge in [0, 0.05) is 11.9 Å². The van der Waals surface area contributed by atoms with Gasteiger partial charge in [-0.05, 0) is 55.5 Å². The van der Waals surface area contributed by atoms with Crippen LogP contribution in [0.4, 0.5) is 0 Å². The van der Waals surface area contributed by atoms with E-state index in [2.05, 4.69) is 46.7 Å². The molecule has 0 spiro atoms. The highest BCUT2D eigenvalue weighted by atomic mass is 14.9. The predicted molar refractivity (Wildman–Crippen MR) is 82.9 cm³/mol. The topological polar surface area (TPSA) is 24.9 Å². The molecule has 1 aromatic carbocycles. The number of aryl methyl sites for hydroxylation is 1. The minimum Gasteiger partial charge on any atom is -0.309 e. The largest absolute Gasteiger partial charge is 0.309 e. The molecule has 0 saturated heterocycles. The molecule has 1 aromatic heterocycles. The molecular formula is C18H22N2. The van der Waals surface area contributed by atoms with E-state index in [1.54, 1.807) is 0 Å². The Labute approximate surface area is 121 Å². The molecule has 0 bridgehead atoms. The predicted octanol–water partition coefficient (Wildman–Crippen LogP) is 3.97. The molecular weight excluding hydrogens is 244 g/mol. The summed E-state index contributed by atoms with van der Waals surface area (Å²) in [5.41, 5.74) is 5.08. The van der Waals surface area contributed by atoms with Crippen molar-refractivity contribution in [2.45, 2.75) is 38.1 Å². The van der Waals surface area contributed by atoms with E-state index in [4.69, 9.17) is 0 Å². The van der Waals surface area contributed by atoms with Crippen molar-refractivity contribution in [2.75, 3.05) is 7.05 Å². The number of hydrogen-bond acceptors (Lipinski definition) is 2. The van der Waals surface area contributed by atoms with Crippen molar-refractivity contribution in [2.24, 2.45) is 0 Å². The van der Waals surface area contributed by atoms with E-state index in [1.165, 1.54) is 36.0 Å². The molecule has 1 fully saturated rings. The van der Waals surface area contributed by atoms with Crippen LogP contribution in [-0.4, -0.2) is 12.0 Å². The molecule has 2 nitrogen and oxygen atoms in total. The standard InChI is InChI=1S/C18H22N2/c1-13-6-7-17(12-20-13)18(19-2)16-10-8-15(9-11-16)14-4-3-5-14/h6-12,14,18-19H,3-5H2,1-2H3. The van der Waals surface area contributed by atoms with E-state index < -0.39 is 0 Å². The molecule has 1 aliphatic carbocycles. The fraction of sp³-hybridized carbons (Fsp3) is 0.389. The molecule has 0 amide bonds. The van der Waals surface area contributed by atoms with Crippen molar-refractivity contribution in [1.82, 2.24) is 10.3 Å². The highest BCUT2D eigenvalue weighted by molar-refractivity contribution is 5.34. The van der Waals surface area contributed by atoms with Gasteiger partial charge >= 0.3 is 0 Å². The fourth-order valence-electron chi connectivity index (χ4n) is 2.88. The highest BCUT2D eigenvalue weighted by Crippen LogP contribution is 2.36. The summed E-state index contributed by atoms with van der Waals surface area (Å²) in [5.74, 6) is 0.804. The van der Waals surface area contributed by atoms with Gasteiger partial charge in [0.05, 0.1) is 6.04 Å². The van der Waals surface area contributed by atoms with Gasteiger partial charge in [-0.25, -0.2) is 0 Å². The Morgan fingerprint density at radius 2 is 1.75 bits per heavy atom. The van der Waals surface area contributed by atoms with Gasteiger partial charge in [0.25, 0.3) is 0 Å². The maximum absolute atomic E-state index is 4.40. The first-order valence-electron chi connectivity index (χ1n) is 7.47. The Hall–Kier alpha value is -1.67. The van der Waals surface area contributed by atoms with E-state index in [0.717, 1.165) is 11.6 Å². The maximum atomic E-state index is 4.40. The molecule has 20 heavy (non-hydrogen) atoms. The lowest BCUT2D eigenvalue weighted by Gasteiger charge is -2.26. The van der Waals surface area contributed by atoms with E-state index in [9.17, 15) is 0 Å². The number of rotatable bonds is 4. The van der Waals surface area contributed by atoms with E-state index in [0.29, 0.717) is 0 Å². The van der Waals surface area contributed by atoms with Crippen LogP contribution >= 0.6 is 0 Å². The third kappa shape index (κ3) is 2.61. The molecule has 1 saturated carbocycles. The van der Waals surface area contributed by atoms with Gasteiger partial charge in [0.15, 0.2) is 0 Å². The zero-order chi connectivity index (χ0) is 13.9. The average Bonchev–Trinajstić information content (AvgIpc) is 2.42. The lowest BCUT2D eigenvalue weighted by Crippen LogP contribution is -2.18. The Kier molecular flexibility index (Phi) is 3.83. The minimum atomic E-state index is 0.221. The van der Waals surface area contributed by atoms with Crippen LogP contribution in [0.25, 0.3) is 0 Å². The SMILES string of the molecule is CNC(c1ccc(C2CCC2)cc1)c1ccc(C)nc1. The van der Waals surface area contributed by atoms with Crippen LogP contribution in [0.1, 0.15) is 53.6 Å². The van der Waals surface area contributed by atoms with Gasteiger partial charge in [0.2, 0.25) is 0 Å². The van der Waals surface area contributed by atoms with Crippen LogP contribution in [0, 0.1) is 6.92 Å². The number of hydrogen-bond donors (Lipinski definition) is 1. The van der Waals surface area contributed by atoms with Crippen molar-refractivity contribution >= 4 is 0 Å². The van der Waals surface area contributed by atoms with Crippen molar-refractivity contribution in [3.8, 4) is 0 Å². The monoisotopic (exact) mass is 266 g/mol. The molecule has 104 valence electrons. The first-order chi connectivity index (χ1) is 9.78. The molecule has 1 unspecified atom stereocenters. The Morgan fingerprint density at radius 3 is 2.25 bits per heavy atom. The Bertz CT molecular complexity index is 553. The van der Waals surface area contributed by atoms with Crippen LogP contribution < -0.4 is 5.32 Å². The Balaban J connectivity index is 1.83. The van der Waals surface area contributed by atoms with Crippen LogP contribution in [0.5, 0.6) is 0 Å².